The van der Waals surface area contributed by atoms with Crippen molar-refractivity contribution in [1.29, 1.82) is 0 Å². The molecule has 0 bridgehead atoms. The van der Waals surface area contributed by atoms with Crippen LogP contribution in [-0.4, -0.2) is 44.3 Å². The van der Waals surface area contributed by atoms with Crippen molar-refractivity contribution < 1.29 is 14.6 Å². The molecule has 24 heavy (non-hydrogen) atoms. The molecule has 0 saturated heterocycles. The van der Waals surface area contributed by atoms with Gasteiger partial charge in [-0.2, -0.15) is 9.97 Å². The summed E-state index contributed by atoms with van der Waals surface area (Å²) in [4.78, 5) is 21.1. The molecule has 0 unspecified atom stereocenters. The zero-order valence-corrected chi connectivity index (χ0v) is 15.6. The maximum atomic E-state index is 11.6. The largest absolute Gasteiger partial charge is 0.465 e. The number of carbonyl (C=O) groups is 1. The first-order chi connectivity index (χ1) is 11.2. The van der Waals surface area contributed by atoms with Gasteiger partial charge in [0.25, 0.3) is 0 Å². The molecule has 1 aliphatic rings. The van der Waals surface area contributed by atoms with Crippen LogP contribution in [0.3, 0.4) is 0 Å². The quantitative estimate of drug-likeness (QED) is 0.783. The summed E-state index contributed by atoms with van der Waals surface area (Å²) in [7, 11) is 0. The lowest BCUT2D eigenvalue weighted by molar-refractivity contribution is 0.0457. The van der Waals surface area contributed by atoms with Gasteiger partial charge in [0.1, 0.15) is 10.3 Å². The van der Waals surface area contributed by atoms with Gasteiger partial charge in [-0.1, -0.05) is 23.2 Å². The van der Waals surface area contributed by atoms with Gasteiger partial charge in [0, 0.05) is 17.6 Å². The van der Waals surface area contributed by atoms with Gasteiger partial charge >= 0.3 is 12.1 Å². The number of amides is 1. The molecule has 1 N–H and O–H groups in total. The Hall–Kier alpha value is -1.27. The minimum Gasteiger partial charge on any atom is -0.465 e. The Morgan fingerprint density at radius 2 is 1.79 bits per heavy atom. The van der Waals surface area contributed by atoms with E-state index in [2.05, 4.69) is 9.97 Å². The SMILES string of the molecule is CC(C)(C)N(C(=O)O)[C@H]1CC[C@H](COc2nc(Cl)cc(Cl)n2)CC1. The van der Waals surface area contributed by atoms with Crippen LogP contribution < -0.4 is 4.74 Å². The molecule has 8 heteroatoms. The smallest absolute Gasteiger partial charge is 0.407 e. The van der Waals surface area contributed by atoms with Crippen LogP contribution in [0, 0.1) is 5.92 Å². The number of hydrogen-bond donors (Lipinski definition) is 1. The molecule has 2 rings (SSSR count). The van der Waals surface area contributed by atoms with Gasteiger partial charge < -0.3 is 14.7 Å². The van der Waals surface area contributed by atoms with Crippen molar-refractivity contribution in [3.63, 3.8) is 0 Å². The van der Waals surface area contributed by atoms with Crippen LogP contribution in [0.15, 0.2) is 6.07 Å². The summed E-state index contributed by atoms with van der Waals surface area (Å²) in [5.41, 5.74) is -0.398. The molecule has 0 spiro atoms. The van der Waals surface area contributed by atoms with E-state index in [9.17, 15) is 9.90 Å². The third kappa shape index (κ3) is 5.11. The zero-order chi connectivity index (χ0) is 17.9. The second-order valence-electron chi connectivity index (χ2n) is 7.10. The molecule has 0 aliphatic heterocycles. The van der Waals surface area contributed by atoms with Crippen LogP contribution in [0.4, 0.5) is 4.79 Å². The van der Waals surface area contributed by atoms with Crippen LogP contribution in [-0.2, 0) is 0 Å². The third-order valence-electron chi connectivity index (χ3n) is 4.20. The van der Waals surface area contributed by atoms with Gasteiger partial charge in [-0.05, 0) is 52.4 Å². The molecule has 134 valence electrons. The first-order valence-electron chi connectivity index (χ1n) is 8.02. The van der Waals surface area contributed by atoms with Crippen LogP contribution in [0.1, 0.15) is 46.5 Å². The van der Waals surface area contributed by atoms with E-state index in [1.165, 1.54) is 6.07 Å². The topological polar surface area (TPSA) is 75.6 Å². The molecule has 6 nitrogen and oxygen atoms in total. The standard InChI is InChI=1S/C16H23Cl2N3O3/c1-16(2,3)21(15(22)23)11-6-4-10(5-7-11)9-24-14-19-12(17)8-13(18)20-14/h8,10-11H,4-7,9H2,1-3H3,(H,22,23)/t10-,11-. The molecule has 0 radical (unpaired) electrons. The van der Waals surface area contributed by atoms with Gasteiger partial charge in [-0.25, -0.2) is 4.79 Å². The van der Waals surface area contributed by atoms with E-state index in [0.29, 0.717) is 12.5 Å². The van der Waals surface area contributed by atoms with Crippen LogP contribution in [0.5, 0.6) is 6.01 Å². The molecule has 1 saturated carbocycles. The van der Waals surface area contributed by atoms with E-state index in [1.54, 1.807) is 4.90 Å². The zero-order valence-electron chi connectivity index (χ0n) is 14.1. The van der Waals surface area contributed by atoms with Gasteiger partial charge in [-0.15, -0.1) is 0 Å². The second-order valence-corrected chi connectivity index (χ2v) is 7.88. The van der Waals surface area contributed by atoms with E-state index in [0.717, 1.165) is 25.7 Å². The van der Waals surface area contributed by atoms with Crippen LogP contribution >= 0.6 is 23.2 Å². The number of carboxylic acid groups (broad SMARTS) is 1. The van der Waals surface area contributed by atoms with Crippen molar-refractivity contribution in [3.8, 4) is 6.01 Å². The maximum absolute atomic E-state index is 11.6. The minimum absolute atomic E-state index is 0.0515. The van der Waals surface area contributed by atoms with E-state index < -0.39 is 11.6 Å². The number of aromatic nitrogens is 2. The van der Waals surface area contributed by atoms with Crippen molar-refractivity contribution in [2.75, 3.05) is 6.61 Å². The van der Waals surface area contributed by atoms with Crippen molar-refractivity contribution in [1.82, 2.24) is 14.9 Å². The first-order valence-corrected chi connectivity index (χ1v) is 8.77. The van der Waals surface area contributed by atoms with Crippen molar-refractivity contribution >= 4 is 29.3 Å². The second kappa shape index (κ2) is 7.74. The molecule has 1 heterocycles. The fourth-order valence-corrected chi connectivity index (χ4v) is 3.60. The number of halogens is 2. The Bertz CT molecular complexity index is 564. The Morgan fingerprint density at radius 1 is 1.25 bits per heavy atom. The number of rotatable bonds is 4. The minimum atomic E-state index is -0.857. The van der Waals surface area contributed by atoms with Crippen molar-refractivity contribution in [2.24, 2.45) is 5.92 Å². The maximum Gasteiger partial charge on any atom is 0.407 e. The summed E-state index contributed by atoms with van der Waals surface area (Å²) in [5.74, 6) is 0.346. The number of nitrogens with zero attached hydrogens (tertiary/aromatic N) is 3. The van der Waals surface area contributed by atoms with E-state index in [-0.39, 0.29) is 22.4 Å². The Kier molecular flexibility index (Phi) is 6.15. The molecular formula is C16H23Cl2N3O3. The van der Waals surface area contributed by atoms with E-state index in [1.807, 2.05) is 20.8 Å². The number of ether oxygens (including phenoxy) is 1. The average molecular weight is 376 g/mol. The Morgan fingerprint density at radius 3 is 2.25 bits per heavy atom. The van der Waals surface area contributed by atoms with Crippen molar-refractivity contribution in [2.45, 2.75) is 58.0 Å². The highest BCUT2D eigenvalue weighted by Gasteiger charge is 2.35. The Balaban J connectivity index is 1.87. The lowest BCUT2D eigenvalue weighted by Gasteiger charge is -2.42. The molecule has 1 aromatic heterocycles. The molecular weight excluding hydrogens is 353 g/mol. The molecule has 0 atom stereocenters. The summed E-state index contributed by atoms with van der Waals surface area (Å²) < 4.78 is 5.60. The summed E-state index contributed by atoms with van der Waals surface area (Å²) in [6.45, 7) is 6.26. The monoisotopic (exact) mass is 375 g/mol. The Labute approximate surface area is 152 Å². The summed E-state index contributed by atoms with van der Waals surface area (Å²) in [6.07, 6.45) is 2.60. The van der Waals surface area contributed by atoms with E-state index in [4.69, 9.17) is 27.9 Å². The molecule has 1 aliphatic carbocycles. The fourth-order valence-electron chi connectivity index (χ4n) is 3.19. The third-order valence-corrected chi connectivity index (χ3v) is 4.59. The highest BCUT2D eigenvalue weighted by atomic mass is 35.5. The molecule has 1 fully saturated rings. The van der Waals surface area contributed by atoms with E-state index >= 15 is 0 Å². The molecule has 1 amide bonds. The van der Waals surface area contributed by atoms with Crippen LogP contribution in [0.25, 0.3) is 0 Å². The highest BCUT2D eigenvalue weighted by Crippen LogP contribution is 2.31. The first kappa shape index (κ1) is 19.1. The van der Waals surface area contributed by atoms with Gasteiger partial charge in [0.05, 0.1) is 6.61 Å². The van der Waals surface area contributed by atoms with Gasteiger partial charge in [0.2, 0.25) is 0 Å². The summed E-state index contributed by atoms with van der Waals surface area (Å²) >= 11 is 11.6. The summed E-state index contributed by atoms with van der Waals surface area (Å²) in [5, 5.41) is 9.98. The fraction of sp³-hybridized carbons (Fsp3) is 0.688. The normalized spacial score (nSPS) is 21.4. The summed E-state index contributed by atoms with van der Waals surface area (Å²) in [6, 6.07) is 1.68. The lowest BCUT2D eigenvalue weighted by Crippen LogP contribution is -2.52. The highest BCUT2D eigenvalue weighted by molar-refractivity contribution is 6.33. The predicted molar refractivity (Wildman–Crippen MR) is 92.9 cm³/mol. The number of hydrogen-bond acceptors (Lipinski definition) is 4. The average Bonchev–Trinajstić information content (AvgIpc) is 2.43. The molecule has 1 aromatic rings. The van der Waals surface area contributed by atoms with Gasteiger partial charge in [-0.3, -0.25) is 0 Å². The van der Waals surface area contributed by atoms with Crippen molar-refractivity contribution in [3.05, 3.63) is 16.4 Å². The lowest BCUT2D eigenvalue weighted by atomic mass is 9.84. The van der Waals surface area contributed by atoms with Crippen LogP contribution in [0.2, 0.25) is 10.3 Å². The molecule has 0 aromatic carbocycles. The van der Waals surface area contributed by atoms with Gasteiger partial charge in [0.15, 0.2) is 0 Å². The predicted octanol–water partition coefficient (Wildman–Crippen LogP) is 4.50.